The molecule has 17 heavy (non-hydrogen) atoms. The fourth-order valence-electron chi connectivity index (χ4n) is 1.53. The molecule has 0 amide bonds. The van der Waals surface area contributed by atoms with Crippen molar-refractivity contribution in [2.75, 3.05) is 46.3 Å². The molecule has 0 radical (unpaired) electrons. The minimum absolute atomic E-state index is 0.556. The van der Waals surface area contributed by atoms with Gasteiger partial charge >= 0.3 is 0 Å². The van der Waals surface area contributed by atoms with Crippen molar-refractivity contribution in [2.24, 2.45) is 0 Å². The highest BCUT2D eigenvalue weighted by Gasteiger charge is 2.06. The summed E-state index contributed by atoms with van der Waals surface area (Å²) < 4.78 is 10.2. The molecule has 0 saturated carbocycles. The second-order valence-corrected chi connectivity index (χ2v) is 3.82. The molecule has 1 aromatic rings. The van der Waals surface area contributed by atoms with Crippen molar-refractivity contribution in [1.82, 2.24) is 9.88 Å². The van der Waals surface area contributed by atoms with E-state index < -0.39 is 0 Å². The van der Waals surface area contributed by atoms with Crippen LogP contribution in [0.5, 0.6) is 0 Å². The Balaban J connectivity index is 2.51. The molecule has 5 nitrogen and oxygen atoms in total. The molecule has 1 aromatic heterocycles. The fraction of sp³-hybridized carbons (Fsp3) is 0.583. The molecule has 0 aliphatic rings. The van der Waals surface area contributed by atoms with Crippen LogP contribution in [0.3, 0.4) is 0 Å². The second-order valence-electron chi connectivity index (χ2n) is 3.82. The van der Waals surface area contributed by atoms with Gasteiger partial charge in [-0.1, -0.05) is 6.07 Å². The molecule has 2 N–H and O–H groups in total. The summed E-state index contributed by atoms with van der Waals surface area (Å²) in [5.74, 6) is 0.556. The first-order valence-corrected chi connectivity index (χ1v) is 5.68. The van der Waals surface area contributed by atoms with E-state index in [0.29, 0.717) is 19.0 Å². The molecule has 0 bridgehead atoms. The summed E-state index contributed by atoms with van der Waals surface area (Å²) in [5.41, 5.74) is 6.63. The lowest BCUT2D eigenvalue weighted by molar-refractivity contribution is 0.109. The average Bonchev–Trinajstić information content (AvgIpc) is 2.32. The van der Waals surface area contributed by atoms with Crippen LogP contribution in [0.15, 0.2) is 18.2 Å². The number of hydrogen-bond donors (Lipinski definition) is 1. The predicted octanol–water partition coefficient (Wildman–Crippen LogP) is 0.759. The van der Waals surface area contributed by atoms with E-state index in [-0.39, 0.29) is 0 Å². The summed E-state index contributed by atoms with van der Waals surface area (Å²) in [6, 6.07) is 5.68. The first-order valence-electron chi connectivity index (χ1n) is 5.68. The Morgan fingerprint density at radius 3 is 2.35 bits per heavy atom. The average molecular weight is 239 g/mol. The zero-order valence-corrected chi connectivity index (χ0v) is 10.6. The molecule has 0 saturated heterocycles. The number of ether oxygens (including phenoxy) is 2. The van der Waals surface area contributed by atoms with E-state index in [1.54, 1.807) is 20.3 Å². The molecule has 1 heterocycles. The number of anilines is 1. The molecule has 0 aliphatic carbocycles. The Kier molecular flexibility index (Phi) is 6.54. The SMILES string of the molecule is COCCN(CCOC)Cc1cccc(N)n1. The Morgan fingerprint density at radius 1 is 1.18 bits per heavy atom. The van der Waals surface area contributed by atoms with E-state index in [4.69, 9.17) is 15.2 Å². The smallest absolute Gasteiger partial charge is 0.123 e. The highest BCUT2D eigenvalue weighted by atomic mass is 16.5. The van der Waals surface area contributed by atoms with E-state index in [2.05, 4.69) is 9.88 Å². The predicted molar refractivity (Wildman–Crippen MR) is 67.7 cm³/mol. The molecule has 0 spiro atoms. The Labute approximate surface area is 103 Å². The lowest BCUT2D eigenvalue weighted by Gasteiger charge is -2.21. The Morgan fingerprint density at radius 2 is 1.82 bits per heavy atom. The van der Waals surface area contributed by atoms with E-state index in [1.807, 2.05) is 12.1 Å². The van der Waals surface area contributed by atoms with Crippen LogP contribution in [0.25, 0.3) is 0 Å². The summed E-state index contributed by atoms with van der Waals surface area (Å²) in [7, 11) is 3.40. The third-order valence-electron chi connectivity index (χ3n) is 2.44. The van der Waals surface area contributed by atoms with Gasteiger partial charge in [-0.3, -0.25) is 4.90 Å². The van der Waals surface area contributed by atoms with Gasteiger partial charge < -0.3 is 15.2 Å². The van der Waals surface area contributed by atoms with Gasteiger partial charge in [-0.15, -0.1) is 0 Å². The van der Waals surface area contributed by atoms with E-state index in [9.17, 15) is 0 Å². The van der Waals surface area contributed by atoms with Gasteiger partial charge in [0.2, 0.25) is 0 Å². The van der Waals surface area contributed by atoms with Crippen molar-refractivity contribution in [3.8, 4) is 0 Å². The molecule has 1 rings (SSSR count). The third-order valence-corrected chi connectivity index (χ3v) is 2.44. The van der Waals surface area contributed by atoms with E-state index >= 15 is 0 Å². The summed E-state index contributed by atoms with van der Waals surface area (Å²) in [5, 5.41) is 0. The molecule has 0 atom stereocenters. The highest BCUT2D eigenvalue weighted by molar-refractivity contribution is 5.28. The lowest BCUT2D eigenvalue weighted by Crippen LogP contribution is -2.30. The number of pyridine rings is 1. The van der Waals surface area contributed by atoms with E-state index in [1.165, 1.54) is 0 Å². The monoisotopic (exact) mass is 239 g/mol. The van der Waals surface area contributed by atoms with Gasteiger partial charge in [-0.25, -0.2) is 4.98 Å². The second kappa shape index (κ2) is 8.00. The number of nitrogen functional groups attached to an aromatic ring is 1. The summed E-state index contributed by atoms with van der Waals surface area (Å²) in [6.07, 6.45) is 0. The quantitative estimate of drug-likeness (QED) is 0.725. The number of hydrogen-bond acceptors (Lipinski definition) is 5. The zero-order chi connectivity index (χ0) is 12.5. The first-order chi connectivity index (χ1) is 8.26. The van der Waals surface area contributed by atoms with Crippen LogP contribution < -0.4 is 5.73 Å². The van der Waals surface area contributed by atoms with Crippen LogP contribution in [0, 0.1) is 0 Å². The highest BCUT2D eigenvalue weighted by Crippen LogP contribution is 2.04. The molecule has 0 aromatic carbocycles. The zero-order valence-electron chi connectivity index (χ0n) is 10.6. The van der Waals surface area contributed by atoms with Crippen LogP contribution in [0.1, 0.15) is 5.69 Å². The Hall–Kier alpha value is -1.17. The van der Waals surface area contributed by atoms with Gasteiger partial charge in [0.15, 0.2) is 0 Å². The van der Waals surface area contributed by atoms with Crippen LogP contribution in [0.4, 0.5) is 5.82 Å². The summed E-state index contributed by atoms with van der Waals surface area (Å²) >= 11 is 0. The standard InChI is InChI=1S/C12H21N3O2/c1-16-8-6-15(7-9-17-2)10-11-4-3-5-12(13)14-11/h3-5H,6-10H2,1-2H3,(H2,13,14). The molecule has 5 heteroatoms. The van der Waals surface area contributed by atoms with Gasteiger partial charge in [0.05, 0.1) is 18.9 Å². The minimum Gasteiger partial charge on any atom is -0.384 e. The largest absolute Gasteiger partial charge is 0.384 e. The summed E-state index contributed by atoms with van der Waals surface area (Å²) in [6.45, 7) is 3.88. The van der Waals surface area contributed by atoms with Gasteiger partial charge in [-0.05, 0) is 12.1 Å². The van der Waals surface area contributed by atoms with Crippen molar-refractivity contribution in [1.29, 1.82) is 0 Å². The Bertz CT molecular complexity index is 312. The number of rotatable bonds is 8. The maximum absolute atomic E-state index is 5.66. The minimum atomic E-state index is 0.556. The molecule has 96 valence electrons. The molecule has 0 unspecified atom stereocenters. The van der Waals surface area contributed by atoms with Crippen molar-refractivity contribution in [3.05, 3.63) is 23.9 Å². The fourth-order valence-corrected chi connectivity index (χ4v) is 1.53. The third kappa shape index (κ3) is 5.63. The number of methoxy groups -OCH3 is 2. The number of aromatic nitrogens is 1. The summed E-state index contributed by atoms with van der Waals surface area (Å²) in [4.78, 5) is 6.51. The lowest BCUT2D eigenvalue weighted by atomic mass is 10.3. The number of nitrogens with zero attached hydrogens (tertiary/aromatic N) is 2. The topological polar surface area (TPSA) is 60.6 Å². The van der Waals surface area contributed by atoms with Gasteiger partial charge in [0.1, 0.15) is 5.82 Å². The molecular formula is C12H21N3O2. The first kappa shape index (κ1) is 13.9. The van der Waals surface area contributed by atoms with Crippen LogP contribution in [-0.4, -0.2) is 50.4 Å². The number of nitrogens with two attached hydrogens (primary N) is 1. The van der Waals surface area contributed by atoms with Crippen molar-refractivity contribution in [2.45, 2.75) is 6.54 Å². The van der Waals surface area contributed by atoms with Crippen LogP contribution in [0.2, 0.25) is 0 Å². The molecule has 0 fully saturated rings. The maximum atomic E-state index is 5.66. The van der Waals surface area contributed by atoms with Gasteiger partial charge in [-0.2, -0.15) is 0 Å². The van der Waals surface area contributed by atoms with Crippen molar-refractivity contribution in [3.63, 3.8) is 0 Å². The molecule has 0 aliphatic heterocycles. The van der Waals surface area contributed by atoms with Crippen LogP contribution >= 0.6 is 0 Å². The van der Waals surface area contributed by atoms with Gasteiger partial charge in [0, 0.05) is 33.9 Å². The van der Waals surface area contributed by atoms with Crippen LogP contribution in [-0.2, 0) is 16.0 Å². The molecular weight excluding hydrogens is 218 g/mol. The maximum Gasteiger partial charge on any atom is 0.123 e. The normalized spacial score (nSPS) is 11.0. The van der Waals surface area contributed by atoms with E-state index in [0.717, 1.165) is 25.3 Å². The van der Waals surface area contributed by atoms with Gasteiger partial charge in [0.25, 0.3) is 0 Å². The van der Waals surface area contributed by atoms with Crippen molar-refractivity contribution < 1.29 is 9.47 Å². The van der Waals surface area contributed by atoms with Crippen molar-refractivity contribution >= 4 is 5.82 Å².